The fourth-order valence-electron chi connectivity index (χ4n) is 1.80. The third-order valence-electron chi connectivity index (χ3n) is 3.65. The van der Waals surface area contributed by atoms with Crippen LogP contribution in [0.4, 0.5) is 10.1 Å². The predicted molar refractivity (Wildman–Crippen MR) is 98.4 cm³/mol. The van der Waals surface area contributed by atoms with E-state index in [1.54, 1.807) is 38.1 Å². The molecule has 1 aromatic carbocycles. The summed E-state index contributed by atoms with van der Waals surface area (Å²) in [7, 11) is 0. The third kappa shape index (κ3) is 5.91. The Morgan fingerprint density at radius 2 is 1.79 bits per heavy atom. The maximum atomic E-state index is 13.7. The lowest BCUT2D eigenvalue weighted by Gasteiger charge is -2.02. The smallest absolute Gasteiger partial charge is 0.220 e. The third-order valence-corrected chi connectivity index (χ3v) is 3.65. The molecule has 0 aliphatic carbocycles. The summed E-state index contributed by atoms with van der Waals surface area (Å²) in [5.74, 6) is -0.225. The summed E-state index contributed by atoms with van der Waals surface area (Å²) in [4.78, 5) is 19.5. The standard InChI is InChI=1S/C19H24FN3O/c1-6-16-9-10-17(11-18(16)20)23-19(21)22-14(4)12(2)7-8-13(3)15(5)24/h7-11H,6H2,1-5H3,(H2,21,23)/b12-7+,13-8+,22-14+. The van der Waals surface area contributed by atoms with Crippen molar-refractivity contribution < 1.29 is 9.18 Å². The molecule has 0 heterocycles. The van der Waals surface area contributed by atoms with Gasteiger partial charge in [0, 0.05) is 5.71 Å². The zero-order valence-electron chi connectivity index (χ0n) is 14.9. The van der Waals surface area contributed by atoms with E-state index in [2.05, 4.69) is 9.98 Å². The van der Waals surface area contributed by atoms with Gasteiger partial charge in [-0.05, 0) is 63.0 Å². The first-order valence-corrected chi connectivity index (χ1v) is 7.79. The van der Waals surface area contributed by atoms with Gasteiger partial charge in [-0.1, -0.05) is 25.1 Å². The van der Waals surface area contributed by atoms with Gasteiger partial charge in [-0.2, -0.15) is 0 Å². The van der Waals surface area contributed by atoms with E-state index in [-0.39, 0.29) is 17.6 Å². The van der Waals surface area contributed by atoms with Crippen LogP contribution in [0, 0.1) is 5.82 Å². The number of nitrogens with zero attached hydrogens (tertiary/aromatic N) is 2. The Kier molecular flexibility index (Phi) is 7.24. The SMILES string of the molecule is CCc1ccc(N=C(N)/N=C(C)/C(C)=C/C=C(\C)C(C)=O)cc1F. The van der Waals surface area contributed by atoms with Gasteiger partial charge in [0.05, 0.1) is 5.69 Å². The lowest BCUT2D eigenvalue weighted by atomic mass is 10.1. The van der Waals surface area contributed by atoms with Crippen molar-refractivity contribution in [1.82, 2.24) is 0 Å². The van der Waals surface area contributed by atoms with Crippen LogP contribution in [0.3, 0.4) is 0 Å². The Morgan fingerprint density at radius 1 is 1.17 bits per heavy atom. The number of nitrogens with two attached hydrogens (primary N) is 1. The zero-order valence-corrected chi connectivity index (χ0v) is 14.9. The fourth-order valence-corrected chi connectivity index (χ4v) is 1.80. The second kappa shape index (κ2) is 8.91. The molecule has 5 heteroatoms. The van der Waals surface area contributed by atoms with Crippen molar-refractivity contribution in [2.24, 2.45) is 15.7 Å². The molecule has 2 N–H and O–H groups in total. The first-order chi connectivity index (χ1) is 11.2. The van der Waals surface area contributed by atoms with Crippen LogP contribution in [-0.2, 0) is 11.2 Å². The average Bonchev–Trinajstić information content (AvgIpc) is 2.51. The molecular formula is C19H24FN3O. The van der Waals surface area contributed by atoms with Gasteiger partial charge in [-0.3, -0.25) is 4.79 Å². The van der Waals surface area contributed by atoms with Crippen molar-refractivity contribution in [3.8, 4) is 0 Å². The molecule has 0 bridgehead atoms. The number of guanidine groups is 1. The highest BCUT2D eigenvalue weighted by atomic mass is 19.1. The van der Waals surface area contributed by atoms with Crippen LogP contribution in [0.2, 0.25) is 0 Å². The summed E-state index contributed by atoms with van der Waals surface area (Å²) in [6.45, 7) is 8.82. The molecule has 0 saturated heterocycles. The number of hydrogen-bond donors (Lipinski definition) is 1. The number of aliphatic imine (C=N–C) groups is 2. The molecule has 0 radical (unpaired) electrons. The van der Waals surface area contributed by atoms with E-state index < -0.39 is 0 Å². The topological polar surface area (TPSA) is 67.8 Å². The highest BCUT2D eigenvalue weighted by molar-refractivity contribution is 6.05. The fraction of sp³-hybridized carbons (Fsp3) is 0.316. The molecule has 1 aromatic rings. The number of Topliss-reactive ketones (excluding diaryl/α,β-unsaturated/α-hetero) is 1. The molecule has 0 unspecified atom stereocenters. The van der Waals surface area contributed by atoms with Crippen LogP contribution in [-0.4, -0.2) is 17.5 Å². The van der Waals surface area contributed by atoms with Gasteiger partial charge in [-0.25, -0.2) is 14.4 Å². The van der Waals surface area contributed by atoms with Crippen LogP contribution in [0.1, 0.15) is 40.2 Å². The molecule has 128 valence electrons. The average molecular weight is 329 g/mol. The van der Waals surface area contributed by atoms with Crippen LogP contribution in [0.15, 0.2) is 51.5 Å². The second-order valence-electron chi connectivity index (χ2n) is 5.55. The number of aryl methyl sites for hydroxylation is 1. The van der Waals surface area contributed by atoms with Crippen molar-refractivity contribution in [2.75, 3.05) is 0 Å². The minimum atomic E-state index is -0.298. The molecule has 0 aliphatic rings. The summed E-state index contributed by atoms with van der Waals surface area (Å²) in [5, 5.41) is 0. The van der Waals surface area contributed by atoms with Gasteiger partial charge in [0.15, 0.2) is 5.78 Å². The monoisotopic (exact) mass is 329 g/mol. The van der Waals surface area contributed by atoms with Gasteiger partial charge >= 0.3 is 0 Å². The maximum Gasteiger partial charge on any atom is 0.220 e. The molecule has 0 atom stereocenters. The molecular weight excluding hydrogens is 305 g/mol. The first-order valence-electron chi connectivity index (χ1n) is 7.79. The summed E-state index contributed by atoms with van der Waals surface area (Å²) in [6.07, 6.45) is 4.17. The molecule has 0 aliphatic heterocycles. The van der Waals surface area contributed by atoms with E-state index in [1.807, 2.05) is 13.8 Å². The number of allylic oxidation sites excluding steroid dienone is 4. The largest absolute Gasteiger partial charge is 0.368 e. The summed E-state index contributed by atoms with van der Waals surface area (Å²) in [6, 6.07) is 4.75. The summed E-state index contributed by atoms with van der Waals surface area (Å²) < 4.78 is 13.7. The van der Waals surface area contributed by atoms with Crippen molar-refractivity contribution in [3.05, 3.63) is 52.9 Å². The van der Waals surface area contributed by atoms with Gasteiger partial charge in [0.25, 0.3) is 0 Å². The van der Waals surface area contributed by atoms with Gasteiger partial charge in [0.2, 0.25) is 5.96 Å². The lowest BCUT2D eigenvalue weighted by molar-refractivity contribution is -0.113. The summed E-state index contributed by atoms with van der Waals surface area (Å²) >= 11 is 0. The predicted octanol–water partition coefficient (Wildman–Crippen LogP) is 4.28. The Bertz CT molecular complexity index is 743. The van der Waals surface area contributed by atoms with Crippen molar-refractivity contribution in [1.29, 1.82) is 0 Å². The van der Waals surface area contributed by atoms with Crippen LogP contribution < -0.4 is 5.73 Å². The lowest BCUT2D eigenvalue weighted by Crippen LogP contribution is -2.11. The number of hydrogen-bond acceptors (Lipinski definition) is 2. The number of ketones is 1. The van der Waals surface area contributed by atoms with E-state index >= 15 is 0 Å². The Balaban J connectivity index is 2.98. The highest BCUT2D eigenvalue weighted by Crippen LogP contribution is 2.17. The van der Waals surface area contributed by atoms with Gasteiger partial charge in [0.1, 0.15) is 5.82 Å². The van der Waals surface area contributed by atoms with Gasteiger partial charge < -0.3 is 5.73 Å². The van der Waals surface area contributed by atoms with Crippen molar-refractivity contribution >= 4 is 23.1 Å². The number of rotatable bonds is 5. The van der Waals surface area contributed by atoms with Crippen molar-refractivity contribution in [2.45, 2.75) is 41.0 Å². The maximum absolute atomic E-state index is 13.7. The van der Waals surface area contributed by atoms with Crippen LogP contribution >= 0.6 is 0 Å². The minimum Gasteiger partial charge on any atom is -0.368 e. The van der Waals surface area contributed by atoms with E-state index in [0.29, 0.717) is 29.0 Å². The number of halogens is 1. The molecule has 0 fully saturated rings. The van der Waals surface area contributed by atoms with E-state index in [0.717, 1.165) is 5.57 Å². The molecule has 0 spiro atoms. The molecule has 0 amide bonds. The molecule has 1 rings (SSSR count). The minimum absolute atomic E-state index is 0.0206. The molecule has 4 nitrogen and oxygen atoms in total. The Morgan fingerprint density at radius 3 is 2.33 bits per heavy atom. The van der Waals surface area contributed by atoms with Crippen LogP contribution in [0.25, 0.3) is 0 Å². The number of benzene rings is 1. The van der Waals surface area contributed by atoms with E-state index in [4.69, 9.17) is 5.73 Å². The Hall–Kier alpha value is -2.56. The quantitative estimate of drug-likeness (QED) is 0.379. The zero-order chi connectivity index (χ0) is 18.3. The molecule has 24 heavy (non-hydrogen) atoms. The number of carbonyl (C=O) groups excluding carboxylic acids is 1. The summed E-state index contributed by atoms with van der Waals surface area (Å²) in [5.41, 5.74) is 9.07. The molecule has 0 saturated carbocycles. The van der Waals surface area contributed by atoms with E-state index in [1.165, 1.54) is 13.0 Å². The van der Waals surface area contributed by atoms with Gasteiger partial charge in [-0.15, -0.1) is 0 Å². The number of carbonyl (C=O) groups is 1. The second-order valence-corrected chi connectivity index (χ2v) is 5.55. The first kappa shape index (κ1) is 19.5. The Labute approximate surface area is 142 Å². The van der Waals surface area contributed by atoms with Crippen molar-refractivity contribution in [3.63, 3.8) is 0 Å². The normalized spacial score (nSPS) is 14.1. The highest BCUT2D eigenvalue weighted by Gasteiger charge is 2.02. The van der Waals surface area contributed by atoms with Crippen LogP contribution in [0.5, 0.6) is 0 Å². The molecule has 0 aromatic heterocycles. The van der Waals surface area contributed by atoms with E-state index in [9.17, 15) is 9.18 Å².